The number of nitrogens with one attached hydrogen (secondary N) is 2. The Morgan fingerprint density at radius 3 is 2.60 bits per heavy atom. The third-order valence-corrected chi connectivity index (χ3v) is 4.33. The molecule has 2 aromatic rings. The Hall–Kier alpha value is -2.09. The second kappa shape index (κ2) is 7.43. The number of aryl methyl sites for hydroxylation is 1. The van der Waals surface area contributed by atoms with Gasteiger partial charge in [-0.1, -0.05) is 27.7 Å². The van der Waals surface area contributed by atoms with E-state index in [1.807, 2.05) is 39.8 Å². The van der Waals surface area contributed by atoms with Crippen LogP contribution in [0.3, 0.4) is 0 Å². The summed E-state index contributed by atoms with van der Waals surface area (Å²) < 4.78 is 7.12. The number of furan rings is 1. The topological polar surface area (TPSA) is 97.1 Å². The summed E-state index contributed by atoms with van der Waals surface area (Å²) in [6, 6.07) is 3.41. The van der Waals surface area contributed by atoms with Crippen molar-refractivity contribution < 1.29 is 9.21 Å². The van der Waals surface area contributed by atoms with Crippen LogP contribution in [0.2, 0.25) is 0 Å². The van der Waals surface area contributed by atoms with E-state index in [9.17, 15) is 14.4 Å². The largest absolute Gasteiger partial charge is 0.464 e. The molecule has 2 N–H and O–H groups in total. The molecule has 0 bridgehead atoms. The number of hydrogen-bond donors (Lipinski definition) is 2. The number of rotatable bonds is 5. The van der Waals surface area contributed by atoms with Gasteiger partial charge in [-0.25, -0.2) is 4.79 Å². The summed E-state index contributed by atoms with van der Waals surface area (Å²) in [4.78, 5) is 37.8. The predicted octanol–water partition coefficient (Wildman–Crippen LogP) is 2.36. The highest BCUT2D eigenvalue weighted by molar-refractivity contribution is 9.10. The lowest BCUT2D eigenvalue weighted by Crippen LogP contribution is -2.40. The van der Waals surface area contributed by atoms with E-state index in [1.54, 1.807) is 0 Å². The summed E-state index contributed by atoms with van der Waals surface area (Å²) >= 11 is 3.05. The molecule has 1 unspecified atom stereocenters. The molecule has 0 saturated carbocycles. The second-order valence-electron chi connectivity index (χ2n) is 6.89. The smallest absolute Gasteiger partial charge is 0.328 e. The fraction of sp³-hybridized carbons (Fsp3) is 0.471. The van der Waals surface area contributed by atoms with Gasteiger partial charge in [0, 0.05) is 12.6 Å². The molecule has 2 heterocycles. The lowest BCUT2D eigenvalue weighted by Gasteiger charge is -2.30. The SMILES string of the molecule is CCc1ccc(C(NC(=O)Cn2cc(Br)c(=O)[nH]c2=O)C(C)(C)C)o1. The minimum absolute atomic E-state index is 0.186. The average Bonchev–Trinajstić information content (AvgIpc) is 2.97. The van der Waals surface area contributed by atoms with Gasteiger partial charge in [-0.15, -0.1) is 0 Å². The molecule has 136 valence electrons. The Bertz CT molecular complexity index is 873. The monoisotopic (exact) mass is 411 g/mol. The molecule has 0 aliphatic heterocycles. The molecule has 0 aromatic carbocycles. The van der Waals surface area contributed by atoms with E-state index in [1.165, 1.54) is 6.20 Å². The standard InChI is InChI=1S/C17H22BrN3O4/c1-5-10-6-7-12(25-10)14(17(2,3)4)19-13(22)9-21-8-11(18)15(23)20-16(21)24/h6-8,14H,5,9H2,1-4H3,(H,19,22)(H,20,23,24). The molecule has 2 aromatic heterocycles. The Morgan fingerprint density at radius 1 is 1.36 bits per heavy atom. The van der Waals surface area contributed by atoms with Crippen LogP contribution in [0, 0.1) is 5.41 Å². The quantitative estimate of drug-likeness (QED) is 0.788. The van der Waals surface area contributed by atoms with Crippen molar-refractivity contribution in [3.05, 3.63) is 55.2 Å². The van der Waals surface area contributed by atoms with Crippen molar-refractivity contribution in [2.24, 2.45) is 5.41 Å². The van der Waals surface area contributed by atoms with Gasteiger partial charge in [0.2, 0.25) is 5.91 Å². The van der Waals surface area contributed by atoms with Crippen LogP contribution < -0.4 is 16.6 Å². The summed E-state index contributed by atoms with van der Waals surface area (Å²) in [5, 5.41) is 2.92. The zero-order chi connectivity index (χ0) is 18.8. The van der Waals surface area contributed by atoms with Crippen LogP contribution in [0.5, 0.6) is 0 Å². The summed E-state index contributed by atoms with van der Waals surface area (Å²) in [5.41, 5.74) is -1.45. The van der Waals surface area contributed by atoms with Gasteiger partial charge in [0.1, 0.15) is 18.1 Å². The number of hydrogen-bond acceptors (Lipinski definition) is 4. The number of halogens is 1. The van der Waals surface area contributed by atoms with Gasteiger partial charge in [0.15, 0.2) is 0 Å². The maximum absolute atomic E-state index is 12.4. The average molecular weight is 412 g/mol. The number of nitrogens with zero attached hydrogens (tertiary/aromatic N) is 1. The van der Waals surface area contributed by atoms with Crippen molar-refractivity contribution in [3.8, 4) is 0 Å². The highest BCUT2D eigenvalue weighted by atomic mass is 79.9. The first-order valence-electron chi connectivity index (χ1n) is 7.99. The fourth-order valence-corrected chi connectivity index (χ4v) is 2.76. The van der Waals surface area contributed by atoms with Gasteiger partial charge in [0.25, 0.3) is 5.56 Å². The molecule has 1 amide bonds. The fourth-order valence-electron chi connectivity index (χ4n) is 2.42. The second-order valence-corrected chi connectivity index (χ2v) is 7.74. The van der Waals surface area contributed by atoms with Crippen molar-refractivity contribution in [2.75, 3.05) is 0 Å². The number of amides is 1. The highest BCUT2D eigenvalue weighted by Gasteiger charge is 2.30. The number of carbonyl (C=O) groups is 1. The Labute approximate surface area is 153 Å². The van der Waals surface area contributed by atoms with E-state index >= 15 is 0 Å². The zero-order valence-electron chi connectivity index (χ0n) is 14.7. The first kappa shape index (κ1) is 19.2. The van der Waals surface area contributed by atoms with Gasteiger partial charge in [-0.2, -0.15) is 0 Å². The van der Waals surface area contributed by atoms with Gasteiger partial charge in [-0.3, -0.25) is 19.1 Å². The van der Waals surface area contributed by atoms with Crippen LogP contribution in [-0.2, 0) is 17.8 Å². The maximum atomic E-state index is 12.4. The minimum atomic E-state index is -0.637. The van der Waals surface area contributed by atoms with E-state index in [2.05, 4.69) is 26.2 Å². The van der Waals surface area contributed by atoms with Crippen LogP contribution in [-0.4, -0.2) is 15.5 Å². The third kappa shape index (κ3) is 4.72. The normalized spacial score (nSPS) is 12.8. The summed E-state index contributed by atoms with van der Waals surface area (Å²) in [6.45, 7) is 7.77. The molecule has 8 heteroatoms. The van der Waals surface area contributed by atoms with Gasteiger partial charge >= 0.3 is 5.69 Å². The minimum Gasteiger partial charge on any atom is -0.464 e. The van der Waals surface area contributed by atoms with E-state index in [0.29, 0.717) is 5.76 Å². The molecule has 0 aliphatic rings. The predicted molar refractivity (Wildman–Crippen MR) is 97.4 cm³/mol. The summed E-state index contributed by atoms with van der Waals surface area (Å²) in [6.07, 6.45) is 2.07. The van der Waals surface area contributed by atoms with E-state index in [0.717, 1.165) is 16.7 Å². The molecule has 0 aliphatic carbocycles. The van der Waals surface area contributed by atoms with E-state index in [4.69, 9.17) is 4.42 Å². The zero-order valence-corrected chi connectivity index (χ0v) is 16.3. The number of H-pyrrole nitrogens is 1. The molecule has 7 nitrogen and oxygen atoms in total. The Balaban J connectivity index is 2.22. The first-order valence-corrected chi connectivity index (χ1v) is 8.78. The van der Waals surface area contributed by atoms with Crippen LogP contribution in [0.4, 0.5) is 0 Å². The van der Waals surface area contributed by atoms with Crippen LogP contribution in [0.1, 0.15) is 45.3 Å². The molecule has 1 atom stereocenters. The summed E-state index contributed by atoms with van der Waals surface area (Å²) in [7, 11) is 0. The molecular weight excluding hydrogens is 390 g/mol. The van der Waals surface area contributed by atoms with Crippen molar-refractivity contribution in [3.63, 3.8) is 0 Å². The first-order chi connectivity index (χ1) is 11.6. The van der Waals surface area contributed by atoms with E-state index in [-0.39, 0.29) is 28.4 Å². The summed E-state index contributed by atoms with van der Waals surface area (Å²) in [5.74, 6) is 1.17. The van der Waals surface area contributed by atoms with E-state index < -0.39 is 11.2 Å². The van der Waals surface area contributed by atoms with Crippen LogP contribution >= 0.6 is 15.9 Å². The number of carbonyl (C=O) groups excluding carboxylic acids is 1. The van der Waals surface area contributed by atoms with Gasteiger partial charge in [0.05, 0.1) is 10.5 Å². The number of aromatic nitrogens is 2. The maximum Gasteiger partial charge on any atom is 0.328 e. The van der Waals surface area contributed by atoms with Gasteiger partial charge < -0.3 is 9.73 Å². The molecule has 2 rings (SSSR count). The molecule has 0 radical (unpaired) electrons. The highest BCUT2D eigenvalue weighted by Crippen LogP contribution is 2.33. The van der Waals surface area contributed by atoms with Crippen molar-refractivity contribution in [1.82, 2.24) is 14.9 Å². The molecule has 0 fully saturated rings. The van der Waals surface area contributed by atoms with Crippen LogP contribution in [0.25, 0.3) is 0 Å². The lowest BCUT2D eigenvalue weighted by molar-refractivity contribution is -0.123. The molecule has 0 saturated heterocycles. The van der Waals surface area contributed by atoms with Gasteiger partial charge in [-0.05, 0) is 33.5 Å². The lowest BCUT2D eigenvalue weighted by atomic mass is 9.85. The van der Waals surface area contributed by atoms with Crippen molar-refractivity contribution >= 4 is 21.8 Å². The van der Waals surface area contributed by atoms with Crippen molar-refractivity contribution in [1.29, 1.82) is 0 Å². The third-order valence-electron chi connectivity index (χ3n) is 3.77. The Kier molecular flexibility index (Phi) is 5.72. The Morgan fingerprint density at radius 2 is 2.04 bits per heavy atom. The number of aromatic amines is 1. The molecule has 25 heavy (non-hydrogen) atoms. The molecular formula is C17H22BrN3O4. The van der Waals surface area contributed by atoms with Crippen LogP contribution in [0.15, 0.2) is 36.8 Å². The molecule has 0 spiro atoms. The van der Waals surface area contributed by atoms with Crippen molar-refractivity contribution in [2.45, 2.75) is 46.7 Å².